The van der Waals surface area contributed by atoms with E-state index in [1.807, 2.05) is 96.0 Å². The quantitative estimate of drug-likeness (QED) is 0.0129. The highest BCUT2D eigenvalue weighted by Gasteiger charge is 2.44. The Hall–Kier alpha value is -8.67. The molecule has 2 heterocycles. The number of nitrogens with one attached hydrogen (secondary N) is 6. The first-order valence-corrected chi connectivity index (χ1v) is 37.9. The largest absolute Gasteiger partial charge is 0.467 e. The molecule has 2 aliphatic heterocycles. The standard InChI is InChI=1S/C78H118N12O16S/c1-16-50(8)68(60(103-13)44-63(92)89-41-24-28-59(89)69(104-14)51(9)70(94)83-58(76(100)105-15)43-53-25-19-17-20-26-53)88(12)75(99)66(48(4)5)85-73(97)67(49(6)7)86(10)42-38-52-32-36-56(37-33-52)87(11)78(102)106-46-54-30-34-55(35-31-54)81-71(95)57(27-23-39-80-77(79)101)82-72(96)65(47(2)3)84-62(91)29-21-18-22-40-90-64(93)45-61(107)74(90)98/h17,19-20,25-26,30-37,47-51,57-61,65-69,107H,16,18,21-24,27-29,38-46H2,1-15H3,(H,81,95)(H,82,96)(H,83,94)(H,84,91)(H,85,97)(H3,79,80,101)/t50-,51+,57-,58-,59-,60+,61?,65-,66-,67-,68-,69+/m0/s1. The number of likely N-dealkylation sites (N-methyl/N-ethyl adjacent to an activating group) is 2. The predicted octanol–water partition coefficient (Wildman–Crippen LogP) is 6.55. The zero-order valence-corrected chi connectivity index (χ0v) is 66.1. The number of carbonyl (C=O) groups excluding carboxylic acids is 12. The molecule has 1 unspecified atom stereocenters. The molecule has 5 rings (SSSR count). The topological polar surface area (TPSA) is 356 Å². The number of benzene rings is 3. The molecular weight excluding hydrogens is 1390 g/mol. The van der Waals surface area contributed by atoms with Gasteiger partial charge >= 0.3 is 18.1 Å². The second-order valence-corrected chi connectivity index (χ2v) is 29.8. The lowest BCUT2D eigenvalue weighted by Crippen LogP contribution is -2.60. The summed E-state index contributed by atoms with van der Waals surface area (Å²) < 4.78 is 22.9. The number of nitrogens with two attached hydrogens (primary N) is 1. The van der Waals surface area contributed by atoms with Crippen LogP contribution in [0.4, 0.5) is 21.0 Å². The molecule has 12 amide bonds. The van der Waals surface area contributed by atoms with E-state index in [0.717, 1.165) is 11.1 Å². The van der Waals surface area contributed by atoms with Gasteiger partial charge in [0.2, 0.25) is 53.2 Å². The Morgan fingerprint density at radius 2 is 1.34 bits per heavy atom. The van der Waals surface area contributed by atoms with Crippen molar-refractivity contribution in [2.45, 2.75) is 212 Å². The first-order chi connectivity index (χ1) is 50.8. The van der Waals surface area contributed by atoms with Crippen molar-refractivity contribution < 1.29 is 76.5 Å². The number of hydrogen-bond donors (Lipinski definition) is 8. The second-order valence-electron chi connectivity index (χ2n) is 29.2. The fraction of sp³-hybridized carbons (Fsp3) is 0.615. The Balaban J connectivity index is 1.13. The summed E-state index contributed by atoms with van der Waals surface area (Å²) in [6, 6.07) is 16.9. The highest BCUT2D eigenvalue weighted by Crippen LogP contribution is 2.31. The monoisotopic (exact) mass is 1510 g/mol. The molecule has 28 nitrogen and oxygen atoms in total. The van der Waals surface area contributed by atoms with Crippen molar-refractivity contribution in [2.75, 3.05) is 78.9 Å². The van der Waals surface area contributed by atoms with Crippen molar-refractivity contribution in [3.05, 3.63) is 95.6 Å². The molecule has 0 bridgehead atoms. The van der Waals surface area contributed by atoms with Crippen LogP contribution in [0.5, 0.6) is 0 Å². The number of nitrogens with zero attached hydrogens (tertiary/aromatic N) is 5. The molecule has 0 radical (unpaired) electrons. The molecule has 107 heavy (non-hydrogen) atoms. The van der Waals surface area contributed by atoms with Gasteiger partial charge in [0.1, 0.15) is 30.8 Å². The van der Waals surface area contributed by atoms with E-state index in [-0.39, 0.29) is 117 Å². The van der Waals surface area contributed by atoms with Crippen LogP contribution in [0.2, 0.25) is 0 Å². The van der Waals surface area contributed by atoms with Gasteiger partial charge in [-0.15, -0.1) is 0 Å². The molecule has 2 aliphatic rings. The third-order valence-electron chi connectivity index (χ3n) is 20.3. The van der Waals surface area contributed by atoms with E-state index in [1.165, 1.54) is 31.1 Å². The van der Waals surface area contributed by atoms with E-state index >= 15 is 0 Å². The number of likely N-dealkylation sites (tertiary alicyclic amines) is 2. The fourth-order valence-electron chi connectivity index (χ4n) is 13.8. The first-order valence-electron chi connectivity index (χ1n) is 37.4. The Morgan fingerprint density at radius 3 is 1.92 bits per heavy atom. The average molecular weight is 1510 g/mol. The summed E-state index contributed by atoms with van der Waals surface area (Å²) in [5.41, 5.74) is 8.60. The van der Waals surface area contributed by atoms with Gasteiger partial charge < -0.3 is 66.4 Å². The van der Waals surface area contributed by atoms with Crippen LogP contribution in [0.1, 0.15) is 150 Å². The number of imide groups is 1. The maximum atomic E-state index is 14.9. The van der Waals surface area contributed by atoms with Crippen LogP contribution in [-0.4, -0.2) is 219 Å². The number of anilines is 2. The maximum absolute atomic E-state index is 14.9. The summed E-state index contributed by atoms with van der Waals surface area (Å²) in [5, 5.41) is 16.2. The van der Waals surface area contributed by atoms with Gasteiger partial charge in [-0.3, -0.25) is 57.9 Å². The minimum atomic E-state index is -1.08. The highest BCUT2D eigenvalue weighted by atomic mass is 32.1. The number of esters is 1. The van der Waals surface area contributed by atoms with Gasteiger partial charge in [0.25, 0.3) is 0 Å². The molecule has 29 heteroatoms. The number of unbranched alkanes of at least 4 members (excludes halogenated alkanes) is 2. The van der Waals surface area contributed by atoms with Crippen LogP contribution >= 0.6 is 12.6 Å². The highest BCUT2D eigenvalue weighted by molar-refractivity contribution is 7.81. The van der Waals surface area contributed by atoms with Crippen LogP contribution in [-0.2, 0) is 86.3 Å². The molecule has 592 valence electrons. The second kappa shape index (κ2) is 44.0. The van der Waals surface area contributed by atoms with Crippen LogP contribution in [0.3, 0.4) is 0 Å². The first kappa shape index (κ1) is 89.0. The summed E-state index contributed by atoms with van der Waals surface area (Å²) >= 11 is 4.15. The van der Waals surface area contributed by atoms with Crippen molar-refractivity contribution in [2.24, 2.45) is 35.3 Å². The summed E-state index contributed by atoms with van der Waals surface area (Å²) in [6.07, 6.45) is 2.60. The van der Waals surface area contributed by atoms with Crippen molar-refractivity contribution in [3.8, 4) is 0 Å². The minimum absolute atomic E-state index is 0.0686. The van der Waals surface area contributed by atoms with Crippen LogP contribution < -0.4 is 42.5 Å². The SMILES string of the molecule is CC[C@H](C)[C@@H]([C@@H](CC(=O)N1CCC[C@H]1[C@H](OC)[C@@H](C)C(=O)N[C@@H](Cc1ccccc1)C(=O)OC)OC)N(C)C(=O)[C@@H](NC(=O)[C@H](C(C)C)N(C)CCc1ccc(N(C)C(=O)OCc2ccc(NC(=O)[C@H](CCCNC(N)=O)NC(=O)[C@@H](NC(=O)CCCCCN3C(=O)CC(S)C3=O)C(C)C)cc2)cc1)C(C)C. The van der Waals surface area contributed by atoms with Crippen molar-refractivity contribution in [1.29, 1.82) is 0 Å². The van der Waals surface area contributed by atoms with Crippen molar-refractivity contribution >= 4 is 95.3 Å². The molecule has 2 saturated heterocycles. The molecule has 0 spiro atoms. The number of ether oxygens (including phenoxy) is 4. The van der Waals surface area contributed by atoms with Crippen LogP contribution in [0, 0.1) is 29.6 Å². The van der Waals surface area contributed by atoms with E-state index in [1.54, 1.807) is 81.1 Å². The Morgan fingerprint density at radius 1 is 0.692 bits per heavy atom. The number of amides is 12. The summed E-state index contributed by atoms with van der Waals surface area (Å²) in [6.45, 7) is 18.1. The number of thiol groups is 1. The third-order valence-corrected chi connectivity index (χ3v) is 20.7. The van der Waals surface area contributed by atoms with Gasteiger partial charge in [0.05, 0.1) is 55.0 Å². The zero-order chi connectivity index (χ0) is 79.4. The van der Waals surface area contributed by atoms with Crippen molar-refractivity contribution in [3.63, 3.8) is 0 Å². The number of rotatable bonds is 43. The van der Waals surface area contributed by atoms with Gasteiger partial charge in [-0.1, -0.05) is 130 Å². The number of primary amides is 1. The van der Waals surface area contributed by atoms with Gasteiger partial charge in [-0.25, -0.2) is 14.4 Å². The lowest BCUT2D eigenvalue weighted by Gasteiger charge is -2.41. The molecule has 0 saturated carbocycles. The van der Waals surface area contributed by atoms with E-state index in [2.05, 4.69) is 44.5 Å². The molecule has 0 aromatic heterocycles. The predicted molar refractivity (Wildman–Crippen MR) is 410 cm³/mol. The maximum Gasteiger partial charge on any atom is 0.414 e. The Bertz CT molecular complexity index is 3440. The molecule has 3 aromatic carbocycles. The van der Waals surface area contributed by atoms with Crippen molar-refractivity contribution in [1.82, 2.24) is 46.2 Å². The molecule has 12 atom stereocenters. The van der Waals surface area contributed by atoms with E-state index in [4.69, 9.17) is 24.7 Å². The Kier molecular flexibility index (Phi) is 36.5. The lowest BCUT2D eigenvalue weighted by atomic mass is 9.89. The summed E-state index contributed by atoms with van der Waals surface area (Å²) in [5.74, 6) is -5.69. The molecule has 3 aromatic rings. The number of methoxy groups -OCH3 is 3. The van der Waals surface area contributed by atoms with Gasteiger partial charge in [0.15, 0.2) is 0 Å². The summed E-state index contributed by atoms with van der Waals surface area (Å²) in [7, 11) is 9.46. The van der Waals surface area contributed by atoms with Gasteiger partial charge in [0, 0.05) is 85.1 Å². The van der Waals surface area contributed by atoms with Gasteiger partial charge in [-0.2, -0.15) is 12.6 Å². The fourth-order valence-corrected chi connectivity index (χ4v) is 14.1. The number of carbonyl (C=O) groups is 12. The molecule has 0 aliphatic carbocycles. The van der Waals surface area contributed by atoms with Crippen LogP contribution in [0.25, 0.3) is 0 Å². The number of urea groups is 1. The zero-order valence-electron chi connectivity index (χ0n) is 65.2. The molecule has 2 fully saturated rings. The van der Waals surface area contributed by atoms with E-state index in [9.17, 15) is 57.5 Å². The smallest absolute Gasteiger partial charge is 0.414 e. The minimum Gasteiger partial charge on any atom is -0.467 e. The average Bonchev–Trinajstić information content (AvgIpc) is 1.80. The van der Waals surface area contributed by atoms with E-state index in [0.29, 0.717) is 75.0 Å². The normalized spacial score (nSPS) is 17.2. The molecule has 8 N–H and O–H groups in total. The lowest BCUT2D eigenvalue weighted by molar-refractivity contribution is -0.149. The van der Waals surface area contributed by atoms with Gasteiger partial charge in [-0.05, 0) is 117 Å². The number of hydrogen-bond acceptors (Lipinski definition) is 18. The molecular formula is C78H118N12O16S. The summed E-state index contributed by atoms with van der Waals surface area (Å²) in [4.78, 5) is 168. The third kappa shape index (κ3) is 26.6. The van der Waals surface area contributed by atoms with Crippen LogP contribution in [0.15, 0.2) is 78.9 Å². The van der Waals surface area contributed by atoms with E-state index < -0.39 is 101 Å². The Labute approximate surface area is 636 Å².